The molecule has 0 bridgehead atoms. The van der Waals surface area contributed by atoms with Gasteiger partial charge in [-0.15, -0.1) is 0 Å². The van der Waals surface area contributed by atoms with Crippen LogP contribution in [0.3, 0.4) is 0 Å². The number of rotatable bonds is 7. The summed E-state index contributed by atoms with van der Waals surface area (Å²) in [6.07, 6.45) is 3.13. The molecular formula is C23H25BF4N4O. The number of hydrogen-bond donors (Lipinski definition) is 2. The molecule has 2 fully saturated rings. The third-order valence-corrected chi connectivity index (χ3v) is 6.33. The Bertz CT molecular complexity index is 1020. The van der Waals surface area contributed by atoms with Crippen LogP contribution in [0.1, 0.15) is 42.5 Å². The Morgan fingerprint density at radius 2 is 1.94 bits per heavy atom. The Kier molecular flexibility index (Phi) is 6.65. The summed E-state index contributed by atoms with van der Waals surface area (Å²) in [6, 6.07) is 2.41. The van der Waals surface area contributed by atoms with Gasteiger partial charge in [-0.05, 0) is 49.4 Å². The van der Waals surface area contributed by atoms with Crippen LogP contribution in [-0.4, -0.2) is 50.3 Å². The second-order valence-corrected chi connectivity index (χ2v) is 8.91. The fourth-order valence-corrected chi connectivity index (χ4v) is 4.69. The highest BCUT2D eigenvalue weighted by Crippen LogP contribution is 2.39. The summed E-state index contributed by atoms with van der Waals surface area (Å²) in [5, 5.41) is 2.61. The Morgan fingerprint density at radius 3 is 2.58 bits per heavy atom. The van der Waals surface area contributed by atoms with Crippen molar-refractivity contribution in [2.75, 3.05) is 24.5 Å². The van der Waals surface area contributed by atoms with Crippen molar-refractivity contribution in [1.82, 2.24) is 10.3 Å². The van der Waals surface area contributed by atoms with Crippen molar-refractivity contribution in [3.63, 3.8) is 0 Å². The number of alkyl halides is 2. The van der Waals surface area contributed by atoms with Gasteiger partial charge in [0.15, 0.2) is 0 Å². The van der Waals surface area contributed by atoms with Crippen molar-refractivity contribution in [2.24, 2.45) is 11.7 Å². The molecule has 5 nitrogen and oxygen atoms in total. The highest BCUT2D eigenvalue weighted by molar-refractivity contribution is 6.36. The number of nitrogens with two attached hydrogens (primary N) is 1. The zero-order valence-electron chi connectivity index (χ0n) is 18.1. The lowest BCUT2D eigenvalue weighted by Gasteiger charge is -2.36. The van der Waals surface area contributed by atoms with Crippen LogP contribution in [0.5, 0.6) is 0 Å². The summed E-state index contributed by atoms with van der Waals surface area (Å²) >= 11 is 0. The van der Waals surface area contributed by atoms with Gasteiger partial charge in [0.2, 0.25) is 0 Å². The average Bonchev–Trinajstić information content (AvgIpc) is 3.18. The van der Waals surface area contributed by atoms with E-state index < -0.39 is 42.3 Å². The first-order chi connectivity index (χ1) is 15.7. The number of hydrogen-bond acceptors (Lipinski definition) is 4. The number of anilines is 1. The average molecular weight is 460 g/mol. The Morgan fingerprint density at radius 1 is 1.24 bits per heavy atom. The van der Waals surface area contributed by atoms with Crippen molar-refractivity contribution in [3.05, 3.63) is 41.6 Å². The van der Waals surface area contributed by atoms with Crippen LogP contribution in [0.15, 0.2) is 24.4 Å². The van der Waals surface area contributed by atoms with Crippen LogP contribution in [0, 0.1) is 17.6 Å². The third kappa shape index (κ3) is 5.15. The minimum absolute atomic E-state index is 0.0341. The smallest absolute Gasteiger partial charge is 0.254 e. The molecule has 2 heterocycles. The maximum Gasteiger partial charge on any atom is 0.254 e. The van der Waals surface area contributed by atoms with Crippen LogP contribution in [0.4, 0.5) is 23.2 Å². The number of nitrogens with zero attached hydrogens (tertiary/aromatic N) is 2. The number of amides is 1. The van der Waals surface area contributed by atoms with Gasteiger partial charge in [0.1, 0.15) is 19.5 Å². The number of halogens is 4. The number of nitrogens with one attached hydrogen (secondary N) is 1. The topological polar surface area (TPSA) is 71.2 Å². The minimum Gasteiger partial charge on any atom is -0.370 e. The molecule has 10 heteroatoms. The van der Waals surface area contributed by atoms with E-state index >= 15 is 0 Å². The Hall–Kier alpha value is -2.62. The number of carbonyl (C=O) groups is 1. The number of aromatic nitrogens is 1. The van der Waals surface area contributed by atoms with E-state index in [1.807, 2.05) is 4.90 Å². The summed E-state index contributed by atoms with van der Waals surface area (Å²) in [4.78, 5) is 19.2. The van der Waals surface area contributed by atoms with Gasteiger partial charge in [-0.3, -0.25) is 9.78 Å². The van der Waals surface area contributed by atoms with E-state index in [0.717, 1.165) is 37.5 Å². The standard InChI is InChI=1S/C23H25BF4N4O/c24-21-19(22(33)31-17-9-23(27,28)10-17)20(32-5-3-13(12-32)2-1-4-29)18(11-30-21)14-6-15(25)8-16(26)7-14/h6-8,11,13,17H,1-5,9-10,12,29H2,(H,31,33). The molecule has 1 unspecified atom stereocenters. The number of pyridine rings is 1. The summed E-state index contributed by atoms with van der Waals surface area (Å²) < 4.78 is 54.5. The monoisotopic (exact) mass is 460 g/mol. The van der Waals surface area contributed by atoms with Crippen LogP contribution in [0.25, 0.3) is 11.1 Å². The van der Waals surface area contributed by atoms with Gasteiger partial charge in [-0.1, -0.05) is 0 Å². The van der Waals surface area contributed by atoms with Crippen molar-refractivity contribution < 1.29 is 22.4 Å². The molecule has 174 valence electrons. The lowest BCUT2D eigenvalue weighted by Crippen LogP contribution is -2.51. The van der Waals surface area contributed by atoms with Crippen LogP contribution < -0.4 is 21.5 Å². The van der Waals surface area contributed by atoms with Crippen LogP contribution >= 0.6 is 0 Å². The fourth-order valence-electron chi connectivity index (χ4n) is 4.69. The fraction of sp³-hybridized carbons (Fsp3) is 0.478. The molecule has 1 atom stereocenters. The normalized spacial score (nSPS) is 20.0. The maximum absolute atomic E-state index is 14.0. The van der Waals surface area contributed by atoms with E-state index in [9.17, 15) is 22.4 Å². The van der Waals surface area contributed by atoms with Crippen molar-refractivity contribution >= 4 is 25.0 Å². The molecule has 1 aromatic heterocycles. The molecule has 2 aliphatic rings. The van der Waals surface area contributed by atoms with Crippen molar-refractivity contribution in [2.45, 2.75) is 44.1 Å². The first-order valence-electron chi connectivity index (χ1n) is 11.1. The third-order valence-electron chi connectivity index (χ3n) is 6.33. The van der Waals surface area contributed by atoms with E-state index in [-0.39, 0.29) is 16.7 Å². The molecule has 1 amide bonds. The molecule has 1 saturated heterocycles. The lowest BCUT2D eigenvalue weighted by molar-refractivity contribution is -0.0901. The lowest BCUT2D eigenvalue weighted by atomic mass is 9.87. The van der Waals surface area contributed by atoms with Gasteiger partial charge in [0, 0.05) is 55.4 Å². The molecule has 2 radical (unpaired) electrons. The van der Waals surface area contributed by atoms with E-state index in [1.165, 1.54) is 6.20 Å². The molecule has 33 heavy (non-hydrogen) atoms. The largest absolute Gasteiger partial charge is 0.370 e. The Labute approximate surface area is 191 Å². The SMILES string of the molecule is [B]c1ncc(-c2cc(F)cc(F)c2)c(N2CCC(CCCN)C2)c1C(=O)NC1CC(F)(F)C1. The van der Waals surface area contributed by atoms with Gasteiger partial charge >= 0.3 is 0 Å². The summed E-state index contributed by atoms with van der Waals surface area (Å²) in [7, 11) is 6.09. The highest BCUT2D eigenvalue weighted by Gasteiger charge is 2.46. The molecule has 4 rings (SSSR count). The second-order valence-electron chi connectivity index (χ2n) is 8.91. The molecule has 0 spiro atoms. The molecule has 3 N–H and O–H groups in total. The molecule has 2 aromatic rings. The Balaban J connectivity index is 1.74. The van der Waals surface area contributed by atoms with Crippen molar-refractivity contribution in [3.8, 4) is 11.1 Å². The van der Waals surface area contributed by atoms with Crippen LogP contribution in [0.2, 0.25) is 0 Å². The number of benzene rings is 1. The van der Waals surface area contributed by atoms with Gasteiger partial charge in [0.05, 0.1) is 11.3 Å². The first kappa shape index (κ1) is 23.5. The van der Waals surface area contributed by atoms with E-state index in [2.05, 4.69) is 10.3 Å². The van der Waals surface area contributed by atoms with Gasteiger partial charge in [-0.2, -0.15) is 0 Å². The van der Waals surface area contributed by atoms with Gasteiger partial charge in [-0.25, -0.2) is 17.6 Å². The zero-order valence-corrected chi connectivity index (χ0v) is 18.1. The van der Waals surface area contributed by atoms with E-state index in [4.69, 9.17) is 13.6 Å². The molecule has 1 aromatic carbocycles. The van der Waals surface area contributed by atoms with Crippen molar-refractivity contribution in [1.29, 1.82) is 0 Å². The van der Waals surface area contributed by atoms with Gasteiger partial charge < -0.3 is 16.0 Å². The first-order valence-corrected chi connectivity index (χ1v) is 11.1. The van der Waals surface area contributed by atoms with Crippen LogP contribution in [-0.2, 0) is 0 Å². The maximum atomic E-state index is 14.0. The minimum atomic E-state index is -2.79. The van der Waals surface area contributed by atoms with E-state index in [1.54, 1.807) is 0 Å². The molecular weight excluding hydrogens is 435 g/mol. The molecule has 1 aliphatic carbocycles. The molecule has 1 aliphatic heterocycles. The van der Waals surface area contributed by atoms with E-state index in [0.29, 0.717) is 36.8 Å². The zero-order chi connectivity index (χ0) is 23.8. The summed E-state index contributed by atoms with van der Waals surface area (Å²) in [5.74, 6) is -4.62. The van der Waals surface area contributed by atoms with Gasteiger partial charge in [0.25, 0.3) is 11.8 Å². The summed E-state index contributed by atoms with van der Waals surface area (Å²) in [6.45, 7) is 1.79. The predicted molar refractivity (Wildman–Crippen MR) is 119 cm³/mol. The second kappa shape index (κ2) is 9.33. The number of carbonyl (C=O) groups excluding carboxylic acids is 1. The predicted octanol–water partition coefficient (Wildman–Crippen LogP) is 2.91. The quantitative estimate of drug-likeness (QED) is 0.493. The highest BCUT2D eigenvalue weighted by atomic mass is 19.3. The molecule has 1 saturated carbocycles. The summed E-state index contributed by atoms with van der Waals surface area (Å²) in [5.41, 5.74) is 6.57.